The molecule has 1 atom stereocenters. The maximum absolute atomic E-state index is 11.4. The molecule has 18 heavy (non-hydrogen) atoms. The number of carbonyl (C=O) groups is 1. The molecule has 100 valence electrons. The maximum Gasteiger partial charge on any atom is 0.323 e. The summed E-state index contributed by atoms with van der Waals surface area (Å²) in [5.41, 5.74) is 6.75. The summed E-state index contributed by atoms with van der Waals surface area (Å²) in [5.74, 6) is 0.447. The molecule has 0 amide bonds. The van der Waals surface area contributed by atoms with Gasteiger partial charge in [0.25, 0.3) is 0 Å². The van der Waals surface area contributed by atoms with E-state index in [0.29, 0.717) is 19.6 Å². The Kier molecular flexibility index (Phi) is 6.22. The van der Waals surface area contributed by atoms with Gasteiger partial charge in [-0.25, -0.2) is 0 Å². The molecule has 2 N–H and O–H groups in total. The molecule has 0 fully saturated rings. The molecule has 0 bridgehead atoms. The molecule has 0 heterocycles. The number of benzene rings is 1. The first-order chi connectivity index (χ1) is 8.67. The predicted octanol–water partition coefficient (Wildman–Crippen LogP) is 1.91. The SMILES string of the molecule is CCCOc1cccc(CC(N)C(=O)OCC)c1. The molecule has 0 aliphatic rings. The Hall–Kier alpha value is -1.55. The smallest absolute Gasteiger partial charge is 0.323 e. The van der Waals surface area contributed by atoms with E-state index in [1.165, 1.54) is 0 Å². The minimum absolute atomic E-state index is 0.353. The first kappa shape index (κ1) is 14.5. The molecule has 4 nitrogen and oxygen atoms in total. The van der Waals surface area contributed by atoms with Crippen molar-refractivity contribution >= 4 is 5.97 Å². The fraction of sp³-hybridized carbons (Fsp3) is 0.500. The lowest BCUT2D eigenvalue weighted by molar-refractivity contribution is -0.144. The second kappa shape index (κ2) is 7.71. The summed E-state index contributed by atoms with van der Waals surface area (Å²) in [6.45, 7) is 4.86. The number of carbonyl (C=O) groups excluding carboxylic acids is 1. The molecule has 0 spiro atoms. The van der Waals surface area contributed by atoms with E-state index in [-0.39, 0.29) is 5.97 Å². The predicted molar refractivity (Wildman–Crippen MR) is 70.5 cm³/mol. The van der Waals surface area contributed by atoms with Crippen LogP contribution < -0.4 is 10.5 Å². The van der Waals surface area contributed by atoms with Crippen molar-refractivity contribution in [1.29, 1.82) is 0 Å². The highest BCUT2D eigenvalue weighted by atomic mass is 16.5. The van der Waals surface area contributed by atoms with Gasteiger partial charge in [0.2, 0.25) is 0 Å². The van der Waals surface area contributed by atoms with E-state index in [9.17, 15) is 4.79 Å². The summed E-state index contributed by atoms with van der Waals surface area (Å²) in [7, 11) is 0. The van der Waals surface area contributed by atoms with Crippen LogP contribution in [-0.4, -0.2) is 25.2 Å². The number of nitrogens with two attached hydrogens (primary N) is 1. The minimum Gasteiger partial charge on any atom is -0.494 e. The van der Waals surface area contributed by atoms with Crippen molar-refractivity contribution in [1.82, 2.24) is 0 Å². The van der Waals surface area contributed by atoms with Gasteiger partial charge in [0.05, 0.1) is 13.2 Å². The van der Waals surface area contributed by atoms with Gasteiger partial charge in [-0.15, -0.1) is 0 Å². The van der Waals surface area contributed by atoms with E-state index in [0.717, 1.165) is 17.7 Å². The van der Waals surface area contributed by atoms with Gasteiger partial charge in [-0.3, -0.25) is 4.79 Å². The summed E-state index contributed by atoms with van der Waals surface area (Å²) in [5, 5.41) is 0. The Morgan fingerprint density at radius 3 is 2.83 bits per heavy atom. The fourth-order valence-corrected chi connectivity index (χ4v) is 1.57. The zero-order valence-electron chi connectivity index (χ0n) is 11.0. The second-order valence-corrected chi connectivity index (χ2v) is 4.06. The molecular weight excluding hydrogens is 230 g/mol. The van der Waals surface area contributed by atoms with Crippen LogP contribution in [0.2, 0.25) is 0 Å². The molecule has 0 saturated heterocycles. The largest absolute Gasteiger partial charge is 0.494 e. The number of hydrogen-bond donors (Lipinski definition) is 1. The molecule has 1 aromatic carbocycles. The zero-order valence-corrected chi connectivity index (χ0v) is 11.0. The van der Waals surface area contributed by atoms with Crippen LogP contribution in [0.15, 0.2) is 24.3 Å². The van der Waals surface area contributed by atoms with Gasteiger partial charge >= 0.3 is 5.97 Å². The molecule has 1 unspecified atom stereocenters. The highest BCUT2D eigenvalue weighted by molar-refractivity contribution is 5.75. The van der Waals surface area contributed by atoms with E-state index < -0.39 is 6.04 Å². The van der Waals surface area contributed by atoms with Gasteiger partial charge < -0.3 is 15.2 Å². The topological polar surface area (TPSA) is 61.5 Å². The molecule has 0 aliphatic carbocycles. The van der Waals surface area contributed by atoms with E-state index in [2.05, 4.69) is 6.92 Å². The van der Waals surface area contributed by atoms with Gasteiger partial charge in [-0.05, 0) is 37.5 Å². The van der Waals surface area contributed by atoms with Crippen molar-refractivity contribution < 1.29 is 14.3 Å². The second-order valence-electron chi connectivity index (χ2n) is 4.06. The van der Waals surface area contributed by atoms with E-state index in [4.69, 9.17) is 15.2 Å². The van der Waals surface area contributed by atoms with Crippen molar-refractivity contribution in [2.24, 2.45) is 5.73 Å². The van der Waals surface area contributed by atoms with Crippen molar-refractivity contribution in [3.8, 4) is 5.75 Å². The summed E-state index contributed by atoms with van der Waals surface area (Å²) >= 11 is 0. The normalized spacial score (nSPS) is 11.9. The van der Waals surface area contributed by atoms with Crippen LogP contribution in [0.1, 0.15) is 25.8 Å². The minimum atomic E-state index is -0.619. The van der Waals surface area contributed by atoms with Gasteiger partial charge in [0, 0.05) is 0 Å². The Morgan fingerprint density at radius 2 is 2.17 bits per heavy atom. The summed E-state index contributed by atoms with van der Waals surface area (Å²) < 4.78 is 10.4. The van der Waals surface area contributed by atoms with Crippen molar-refractivity contribution in [3.63, 3.8) is 0 Å². The number of rotatable bonds is 7. The average molecular weight is 251 g/mol. The maximum atomic E-state index is 11.4. The Labute approximate surface area is 108 Å². The van der Waals surface area contributed by atoms with Crippen LogP contribution in [0.4, 0.5) is 0 Å². The number of esters is 1. The van der Waals surface area contributed by atoms with Crippen LogP contribution in [0.5, 0.6) is 5.75 Å². The molecule has 0 radical (unpaired) electrons. The average Bonchev–Trinajstić information content (AvgIpc) is 2.37. The van der Waals surface area contributed by atoms with E-state index >= 15 is 0 Å². The van der Waals surface area contributed by atoms with E-state index in [1.807, 2.05) is 24.3 Å². The van der Waals surface area contributed by atoms with E-state index in [1.54, 1.807) is 6.92 Å². The summed E-state index contributed by atoms with van der Waals surface area (Å²) in [6, 6.07) is 7.02. The third kappa shape index (κ3) is 4.75. The van der Waals surface area contributed by atoms with Crippen molar-refractivity contribution in [2.45, 2.75) is 32.7 Å². The zero-order chi connectivity index (χ0) is 13.4. The lowest BCUT2D eigenvalue weighted by atomic mass is 10.1. The first-order valence-corrected chi connectivity index (χ1v) is 6.31. The van der Waals surface area contributed by atoms with Gasteiger partial charge in [-0.2, -0.15) is 0 Å². The van der Waals surface area contributed by atoms with Crippen LogP contribution >= 0.6 is 0 Å². The quantitative estimate of drug-likeness (QED) is 0.752. The fourth-order valence-electron chi connectivity index (χ4n) is 1.57. The highest BCUT2D eigenvalue weighted by Gasteiger charge is 2.15. The first-order valence-electron chi connectivity index (χ1n) is 6.31. The third-order valence-corrected chi connectivity index (χ3v) is 2.42. The molecule has 0 saturated carbocycles. The lowest BCUT2D eigenvalue weighted by Crippen LogP contribution is -2.34. The van der Waals surface area contributed by atoms with Crippen molar-refractivity contribution in [2.75, 3.05) is 13.2 Å². The standard InChI is InChI=1S/C14H21NO3/c1-3-8-18-12-7-5-6-11(9-12)10-13(15)14(16)17-4-2/h5-7,9,13H,3-4,8,10,15H2,1-2H3. The Balaban J connectivity index is 2.58. The summed E-state index contributed by atoms with van der Waals surface area (Å²) in [4.78, 5) is 11.4. The summed E-state index contributed by atoms with van der Waals surface area (Å²) in [6.07, 6.45) is 1.43. The highest BCUT2D eigenvalue weighted by Crippen LogP contribution is 2.15. The molecule has 0 aromatic heterocycles. The Bertz CT molecular complexity index is 379. The third-order valence-electron chi connectivity index (χ3n) is 2.42. The monoisotopic (exact) mass is 251 g/mol. The van der Waals surface area contributed by atoms with Gasteiger partial charge in [0.15, 0.2) is 0 Å². The van der Waals surface area contributed by atoms with Crippen LogP contribution in [0.3, 0.4) is 0 Å². The number of hydrogen-bond acceptors (Lipinski definition) is 4. The molecule has 1 rings (SSSR count). The molecule has 4 heteroatoms. The molecule has 1 aromatic rings. The molecular formula is C14H21NO3. The van der Waals surface area contributed by atoms with Crippen molar-refractivity contribution in [3.05, 3.63) is 29.8 Å². The van der Waals surface area contributed by atoms with Crippen LogP contribution in [0, 0.1) is 0 Å². The Morgan fingerprint density at radius 1 is 1.39 bits per heavy atom. The van der Waals surface area contributed by atoms with Gasteiger partial charge in [0.1, 0.15) is 11.8 Å². The number of ether oxygens (including phenoxy) is 2. The van der Waals surface area contributed by atoms with Crippen LogP contribution in [0.25, 0.3) is 0 Å². The lowest BCUT2D eigenvalue weighted by Gasteiger charge is -2.11. The van der Waals surface area contributed by atoms with Gasteiger partial charge in [-0.1, -0.05) is 19.1 Å². The van der Waals surface area contributed by atoms with Crippen LogP contribution in [-0.2, 0) is 16.0 Å². The molecule has 0 aliphatic heterocycles.